The molecule has 0 radical (unpaired) electrons. The average molecular weight is 338 g/mol. The molecule has 0 atom stereocenters. The van der Waals surface area contributed by atoms with Crippen molar-refractivity contribution in [1.82, 2.24) is 14.9 Å². The third kappa shape index (κ3) is 4.16. The molecule has 3 rings (SSSR count). The second-order valence-corrected chi connectivity index (χ2v) is 7.57. The summed E-state index contributed by atoms with van der Waals surface area (Å²) < 4.78 is 0. The molecule has 1 amide bonds. The SMILES string of the molecule is CC(C)(C)c1ccccc1Nc1ncc(C(=O)N2CCCCC2)cn1. The van der Waals surface area contributed by atoms with Crippen LogP contribution in [0.4, 0.5) is 11.6 Å². The standard InChI is InChI=1S/C20H26N4O/c1-20(2,3)16-9-5-6-10-17(16)23-19-21-13-15(14-22-19)18(25)24-11-7-4-8-12-24/h5-6,9-10,13-14H,4,7-8,11-12H2,1-3H3,(H,21,22,23). The largest absolute Gasteiger partial charge is 0.339 e. The minimum absolute atomic E-state index is 0.0216. The predicted octanol–water partition coefficient (Wildman–Crippen LogP) is 4.14. The number of nitrogens with one attached hydrogen (secondary N) is 1. The second-order valence-electron chi connectivity index (χ2n) is 7.57. The third-order valence-electron chi connectivity index (χ3n) is 4.52. The Morgan fingerprint density at radius 3 is 2.32 bits per heavy atom. The zero-order valence-corrected chi connectivity index (χ0v) is 15.2. The number of anilines is 2. The molecule has 1 aromatic carbocycles. The number of likely N-dealkylation sites (tertiary alicyclic amines) is 1. The van der Waals surface area contributed by atoms with E-state index in [1.54, 1.807) is 12.4 Å². The number of nitrogens with zero attached hydrogens (tertiary/aromatic N) is 3. The highest BCUT2D eigenvalue weighted by molar-refractivity contribution is 5.93. The van der Waals surface area contributed by atoms with Gasteiger partial charge in [0, 0.05) is 31.2 Å². The number of benzene rings is 1. The van der Waals surface area contributed by atoms with E-state index in [-0.39, 0.29) is 11.3 Å². The van der Waals surface area contributed by atoms with Crippen LogP contribution in [0.2, 0.25) is 0 Å². The van der Waals surface area contributed by atoms with Gasteiger partial charge in [-0.05, 0) is 36.3 Å². The van der Waals surface area contributed by atoms with E-state index in [0.29, 0.717) is 11.5 Å². The molecule has 2 aromatic rings. The van der Waals surface area contributed by atoms with Gasteiger partial charge in [0.15, 0.2) is 0 Å². The van der Waals surface area contributed by atoms with Crippen LogP contribution in [0.1, 0.15) is 56.0 Å². The number of hydrogen-bond acceptors (Lipinski definition) is 4. The summed E-state index contributed by atoms with van der Waals surface area (Å²) in [5.74, 6) is 0.535. The number of piperidine rings is 1. The van der Waals surface area contributed by atoms with Crippen molar-refractivity contribution in [1.29, 1.82) is 0 Å². The van der Waals surface area contributed by atoms with Crippen molar-refractivity contribution in [2.24, 2.45) is 0 Å². The maximum Gasteiger partial charge on any atom is 0.256 e. The minimum atomic E-state index is 0.0216. The van der Waals surface area contributed by atoms with E-state index < -0.39 is 0 Å². The Labute approximate surface area is 149 Å². The molecule has 0 saturated carbocycles. The molecule has 132 valence electrons. The van der Waals surface area contributed by atoms with Gasteiger partial charge in [-0.2, -0.15) is 0 Å². The lowest BCUT2D eigenvalue weighted by molar-refractivity contribution is 0.0723. The molecule has 2 heterocycles. The third-order valence-corrected chi connectivity index (χ3v) is 4.52. The van der Waals surface area contributed by atoms with Gasteiger partial charge in [-0.1, -0.05) is 39.0 Å². The zero-order chi connectivity index (χ0) is 17.9. The summed E-state index contributed by atoms with van der Waals surface area (Å²) in [6.45, 7) is 8.19. The van der Waals surface area contributed by atoms with Crippen molar-refractivity contribution in [3.63, 3.8) is 0 Å². The first-order valence-electron chi connectivity index (χ1n) is 8.93. The van der Waals surface area contributed by atoms with Crippen LogP contribution < -0.4 is 5.32 Å². The van der Waals surface area contributed by atoms with Gasteiger partial charge < -0.3 is 10.2 Å². The average Bonchev–Trinajstić information content (AvgIpc) is 2.62. The molecule has 1 N–H and O–H groups in total. The topological polar surface area (TPSA) is 58.1 Å². The molecule has 1 aromatic heterocycles. The van der Waals surface area contributed by atoms with Crippen LogP contribution in [0.15, 0.2) is 36.7 Å². The van der Waals surface area contributed by atoms with E-state index in [1.807, 2.05) is 23.1 Å². The summed E-state index contributed by atoms with van der Waals surface area (Å²) in [5.41, 5.74) is 2.77. The normalized spacial score (nSPS) is 15.1. The van der Waals surface area contributed by atoms with Crippen LogP contribution in [0.5, 0.6) is 0 Å². The number of para-hydroxylation sites is 1. The van der Waals surface area contributed by atoms with Gasteiger partial charge in [0.25, 0.3) is 5.91 Å². The van der Waals surface area contributed by atoms with Crippen LogP contribution in [0.3, 0.4) is 0 Å². The second kappa shape index (κ2) is 7.21. The summed E-state index contributed by atoms with van der Waals surface area (Å²) in [4.78, 5) is 23.1. The lowest BCUT2D eigenvalue weighted by Crippen LogP contribution is -2.35. The van der Waals surface area contributed by atoms with Gasteiger partial charge in [0.2, 0.25) is 5.95 Å². The van der Waals surface area contributed by atoms with E-state index >= 15 is 0 Å². The number of hydrogen-bond donors (Lipinski definition) is 1. The molecule has 1 fully saturated rings. The molecule has 5 nitrogen and oxygen atoms in total. The fraction of sp³-hybridized carbons (Fsp3) is 0.450. The molecule has 0 bridgehead atoms. The van der Waals surface area contributed by atoms with Crippen LogP contribution >= 0.6 is 0 Å². The van der Waals surface area contributed by atoms with E-state index in [4.69, 9.17) is 0 Å². The molecular weight excluding hydrogens is 312 g/mol. The summed E-state index contributed by atoms with van der Waals surface area (Å²) in [7, 11) is 0. The van der Waals surface area contributed by atoms with E-state index in [9.17, 15) is 4.79 Å². The van der Waals surface area contributed by atoms with Crippen molar-refractivity contribution in [2.75, 3.05) is 18.4 Å². The molecule has 0 spiro atoms. The van der Waals surface area contributed by atoms with Crippen LogP contribution in [-0.2, 0) is 5.41 Å². The Hall–Kier alpha value is -2.43. The maximum atomic E-state index is 12.5. The first-order chi connectivity index (χ1) is 11.9. The number of rotatable bonds is 3. The van der Waals surface area contributed by atoms with Crippen molar-refractivity contribution >= 4 is 17.5 Å². The molecule has 1 saturated heterocycles. The van der Waals surface area contributed by atoms with Crippen LogP contribution in [0, 0.1) is 0 Å². The fourth-order valence-electron chi connectivity index (χ4n) is 3.15. The van der Waals surface area contributed by atoms with Gasteiger partial charge in [-0.15, -0.1) is 0 Å². The Balaban J connectivity index is 1.74. The van der Waals surface area contributed by atoms with E-state index in [1.165, 1.54) is 12.0 Å². The molecular formula is C20H26N4O. The minimum Gasteiger partial charge on any atom is -0.339 e. The van der Waals surface area contributed by atoms with Gasteiger partial charge in [0.1, 0.15) is 0 Å². The molecule has 5 heteroatoms. The first-order valence-corrected chi connectivity index (χ1v) is 8.93. The highest BCUT2D eigenvalue weighted by Crippen LogP contribution is 2.30. The Kier molecular flexibility index (Phi) is 5.02. The van der Waals surface area contributed by atoms with Crippen LogP contribution in [-0.4, -0.2) is 33.9 Å². The quantitative estimate of drug-likeness (QED) is 0.913. The molecule has 0 aliphatic carbocycles. The fourth-order valence-corrected chi connectivity index (χ4v) is 3.15. The molecule has 0 unspecified atom stereocenters. The Morgan fingerprint density at radius 2 is 1.68 bits per heavy atom. The van der Waals surface area contributed by atoms with Gasteiger partial charge in [0.05, 0.1) is 5.56 Å². The summed E-state index contributed by atoms with van der Waals surface area (Å²) in [5, 5.41) is 3.28. The number of amides is 1. The lowest BCUT2D eigenvalue weighted by atomic mass is 9.86. The highest BCUT2D eigenvalue weighted by atomic mass is 16.2. The van der Waals surface area contributed by atoms with Crippen LogP contribution in [0.25, 0.3) is 0 Å². The smallest absolute Gasteiger partial charge is 0.256 e. The molecule has 1 aliphatic rings. The molecule has 1 aliphatic heterocycles. The van der Waals surface area contributed by atoms with Crippen molar-refractivity contribution < 1.29 is 4.79 Å². The lowest BCUT2D eigenvalue weighted by Gasteiger charge is -2.26. The predicted molar refractivity (Wildman–Crippen MR) is 100 cm³/mol. The van der Waals surface area contributed by atoms with Crippen molar-refractivity contribution in [3.05, 3.63) is 47.8 Å². The number of aromatic nitrogens is 2. The van der Waals surface area contributed by atoms with Gasteiger partial charge in [-0.25, -0.2) is 9.97 Å². The van der Waals surface area contributed by atoms with Crippen molar-refractivity contribution in [2.45, 2.75) is 45.4 Å². The first kappa shape index (κ1) is 17.4. The van der Waals surface area contributed by atoms with Gasteiger partial charge in [-0.3, -0.25) is 4.79 Å². The zero-order valence-electron chi connectivity index (χ0n) is 15.2. The maximum absolute atomic E-state index is 12.5. The summed E-state index contributed by atoms with van der Waals surface area (Å²) >= 11 is 0. The Bertz CT molecular complexity index is 728. The summed E-state index contributed by atoms with van der Waals surface area (Å²) in [6, 6.07) is 8.16. The van der Waals surface area contributed by atoms with E-state index in [2.05, 4.69) is 42.1 Å². The Morgan fingerprint density at radius 1 is 1.04 bits per heavy atom. The monoisotopic (exact) mass is 338 g/mol. The number of carbonyl (C=O) groups is 1. The number of carbonyl (C=O) groups excluding carboxylic acids is 1. The summed E-state index contributed by atoms with van der Waals surface area (Å²) in [6.07, 6.45) is 6.60. The van der Waals surface area contributed by atoms with E-state index in [0.717, 1.165) is 31.6 Å². The molecule has 25 heavy (non-hydrogen) atoms. The van der Waals surface area contributed by atoms with Crippen molar-refractivity contribution in [3.8, 4) is 0 Å². The highest BCUT2D eigenvalue weighted by Gasteiger charge is 2.20. The van der Waals surface area contributed by atoms with Gasteiger partial charge >= 0.3 is 0 Å².